The number of allylic oxidation sites excluding steroid dienone is 18. The zero-order chi connectivity index (χ0) is 38.5. The molecule has 0 radical (unpaired) electrons. The van der Waals surface area contributed by atoms with Crippen molar-refractivity contribution in [2.24, 2.45) is 5.92 Å². The van der Waals surface area contributed by atoms with Crippen LogP contribution in [0.5, 0.6) is 0 Å². The highest BCUT2D eigenvalue weighted by molar-refractivity contribution is 5.97. The Kier molecular flexibility index (Phi) is 7.74. The Morgan fingerprint density at radius 2 is 1.64 bits per heavy atom. The van der Waals surface area contributed by atoms with Crippen molar-refractivity contribution in [1.29, 1.82) is 0 Å². The smallest absolute Gasteiger partial charge is 0.0626 e. The standard InChI is InChI=1S/C55H51N3/c1-55(2)49-17-9-6-14-43(49)46-33-41(22-23-50(46)55)57-51-18-10-7-15-44(51)47-31-36(20-24-53(47)57)37-21-25-54-48(32-37)45-16-8-11-19-52(45)58(54)42-29-39(35-12-4-3-5-13-35)28-40(30-42)38-26-27-56-34-38/h4,6-8,12-16,20-29,31-34,40,47,53,56H,3,5,9-11,17-19,30H2,1-2H3. The number of nitrogens with zero attached hydrogens (tertiary/aromatic N) is 2. The SMILES string of the molecule is CC1(C)C2=C(C=CCC2)c2cc(N3C4=C(C=CCC4)C4C=C(c5ccc6c(c5)c5c(n6C6=CC(C7=CCCC=C7)=CC(c7cc[nH]c7)C6)CCC=C5)C=CC43)ccc21. The Hall–Kier alpha value is -5.80. The minimum Gasteiger partial charge on any atom is -0.367 e. The van der Waals surface area contributed by atoms with Crippen molar-refractivity contribution >= 4 is 39.5 Å². The van der Waals surface area contributed by atoms with Gasteiger partial charge in [0, 0.05) is 63.4 Å². The van der Waals surface area contributed by atoms with Gasteiger partial charge in [-0.3, -0.25) is 0 Å². The summed E-state index contributed by atoms with van der Waals surface area (Å²) in [6.07, 6.45) is 48.1. The maximum Gasteiger partial charge on any atom is 0.0626 e. The molecule has 1 aliphatic heterocycles. The van der Waals surface area contributed by atoms with Gasteiger partial charge in [-0.25, -0.2) is 0 Å². The summed E-state index contributed by atoms with van der Waals surface area (Å²) in [5.41, 5.74) is 22.7. The molecule has 3 nitrogen and oxygen atoms in total. The number of hydrogen-bond donors (Lipinski definition) is 1. The second-order valence-corrected chi connectivity index (χ2v) is 18.1. The first-order valence-electron chi connectivity index (χ1n) is 21.9. The molecule has 4 aromatic rings. The first-order valence-corrected chi connectivity index (χ1v) is 21.9. The van der Waals surface area contributed by atoms with E-state index in [4.69, 9.17) is 0 Å². The molecular formula is C55H51N3. The molecule has 0 bridgehead atoms. The Balaban J connectivity index is 0.922. The van der Waals surface area contributed by atoms with Gasteiger partial charge in [0.25, 0.3) is 0 Å². The van der Waals surface area contributed by atoms with Crippen LogP contribution in [0.2, 0.25) is 0 Å². The number of aromatic amines is 1. The van der Waals surface area contributed by atoms with Crippen molar-refractivity contribution in [1.82, 2.24) is 9.55 Å². The molecule has 7 aliphatic carbocycles. The molecule has 0 saturated heterocycles. The lowest BCUT2D eigenvalue weighted by Gasteiger charge is -2.32. The molecule has 3 atom stereocenters. The minimum absolute atomic E-state index is 0.0989. The summed E-state index contributed by atoms with van der Waals surface area (Å²) < 4.78 is 2.64. The van der Waals surface area contributed by atoms with Gasteiger partial charge < -0.3 is 14.5 Å². The maximum atomic E-state index is 3.33. The molecule has 12 rings (SSSR count). The average molecular weight is 754 g/mol. The predicted molar refractivity (Wildman–Crippen MR) is 243 cm³/mol. The van der Waals surface area contributed by atoms with Crippen LogP contribution in [0.3, 0.4) is 0 Å². The van der Waals surface area contributed by atoms with Gasteiger partial charge in [0.05, 0.1) is 11.6 Å². The van der Waals surface area contributed by atoms with Crippen molar-refractivity contribution in [2.75, 3.05) is 4.90 Å². The van der Waals surface area contributed by atoms with E-state index in [1.807, 2.05) is 0 Å². The molecule has 0 saturated carbocycles. The first kappa shape index (κ1) is 34.3. The molecule has 8 aliphatic rings. The van der Waals surface area contributed by atoms with Crippen LogP contribution in [0.15, 0.2) is 162 Å². The molecule has 286 valence electrons. The summed E-state index contributed by atoms with van der Waals surface area (Å²) in [5.74, 6) is 0.650. The Bertz CT molecular complexity index is 2780. The van der Waals surface area contributed by atoms with E-state index in [0.717, 1.165) is 51.4 Å². The van der Waals surface area contributed by atoms with Crippen LogP contribution < -0.4 is 4.90 Å². The van der Waals surface area contributed by atoms with Crippen molar-refractivity contribution in [3.05, 3.63) is 195 Å². The van der Waals surface area contributed by atoms with E-state index in [0.29, 0.717) is 11.8 Å². The zero-order valence-electron chi connectivity index (χ0n) is 33.8. The monoisotopic (exact) mass is 753 g/mol. The van der Waals surface area contributed by atoms with Gasteiger partial charge >= 0.3 is 0 Å². The minimum atomic E-state index is 0.0989. The summed E-state index contributed by atoms with van der Waals surface area (Å²) in [4.78, 5) is 6.02. The molecule has 3 heteroatoms. The average Bonchev–Trinajstić information content (AvgIpc) is 4.05. The number of hydrogen-bond acceptors (Lipinski definition) is 1. The normalized spacial score (nSPS) is 25.0. The van der Waals surface area contributed by atoms with E-state index >= 15 is 0 Å². The summed E-state index contributed by atoms with van der Waals surface area (Å²) in [6, 6.07) is 17.2. The van der Waals surface area contributed by atoms with Crippen molar-refractivity contribution < 1.29 is 0 Å². The summed E-state index contributed by atoms with van der Waals surface area (Å²) in [7, 11) is 0. The highest BCUT2D eigenvalue weighted by atomic mass is 15.2. The lowest BCUT2D eigenvalue weighted by molar-refractivity contribution is 0.607. The van der Waals surface area contributed by atoms with E-state index < -0.39 is 0 Å². The molecular weight excluding hydrogens is 703 g/mol. The predicted octanol–water partition coefficient (Wildman–Crippen LogP) is 13.6. The lowest BCUT2D eigenvalue weighted by Crippen LogP contribution is -2.33. The van der Waals surface area contributed by atoms with Crippen molar-refractivity contribution in [2.45, 2.75) is 89.0 Å². The van der Waals surface area contributed by atoms with E-state index in [1.54, 1.807) is 5.57 Å². The van der Waals surface area contributed by atoms with Crippen LogP contribution in [0.25, 0.3) is 33.8 Å². The lowest BCUT2D eigenvalue weighted by atomic mass is 9.78. The number of benzene rings is 2. The number of anilines is 1. The van der Waals surface area contributed by atoms with Gasteiger partial charge in [0.2, 0.25) is 0 Å². The van der Waals surface area contributed by atoms with Crippen LogP contribution in [-0.4, -0.2) is 15.6 Å². The summed E-state index contributed by atoms with van der Waals surface area (Å²) >= 11 is 0. The Morgan fingerprint density at radius 3 is 2.53 bits per heavy atom. The highest BCUT2D eigenvalue weighted by Gasteiger charge is 2.42. The summed E-state index contributed by atoms with van der Waals surface area (Å²) in [5, 5.41) is 1.36. The van der Waals surface area contributed by atoms with Crippen LogP contribution >= 0.6 is 0 Å². The van der Waals surface area contributed by atoms with Gasteiger partial charge in [-0.15, -0.1) is 0 Å². The van der Waals surface area contributed by atoms with Gasteiger partial charge in [-0.2, -0.15) is 0 Å². The van der Waals surface area contributed by atoms with Crippen LogP contribution in [0.4, 0.5) is 5.69 Å². The molecule has 3 heterocycles. The van der Waals surface area contributed by atoms with E-state index in [-0.39, 0.29) is 11.5 Å². The third-order valence-corrected chi connectivity index (χ3v) is 14.6. The van der Waals surface area contributed by atoms with Gasteiger partial charge in [-0.1, -0.05) is 111 Å². The number of fused-ring (bicyclic) bond motifs is 7. The quantitative estimate of drug-likeness (QED) is 0.216. The zero-order valence-corrected chi connectivity index (χ0v) is 33.8. The molecule has 2 aromatic carbocycles. The van der Waals surface area contributed by atoms with Crippen LogP contribution in [-0.2, 0) is 11.8 Å². The van der Waals surface area contributed by atoms with Gasteiger partial charge in [0.15, 0.2) is 0 Å². The third kappa shape index (κ3) is 5.18. The van der Waals surface area contributed by atoms with Crippen LogP contribution in [0.1, 0.15) is 105 Å². The molecule has 0 spiro atoms. The highest BCUT2D eigenvalue weighted by Crippen LogP contribution is 2.53. The third-order valence-electron chi connectivity index (χ3n) is 14.6. The maximum absolute atomic E-state index is 3.33. The number of aromatic nitrogens is 2. The molecule has 58 heavy (non-hydrogen) atoms. The fraction of sp³-hybridized carbons (Fsp3) is 0.273. The van der Waals surface area contributed by atoms with Crippen molar-refractivity contribution in [3.63, 3.8) is 0 Å². The largest absolute Gasteiger partial charge is 0.367 e. The molecule has 3 unspecified atom stereocenters. The fourth-order valence-corrected chi connectivity index (χ4v) is 11.8. The molecule has 2 aromatic heterocycles. The van der Waals surface area contributed by atoms with Gasteiger partial charge in [0.1, 0.15) is 0 Å². The summed E-state index contributed by atoms with van der Waals surface area (Å²) in [6.45, 7) is 4.85. The topological polar surface area (TPSA) is 24.0 Å². The van der Waals surface area contributed by atoms with E-state index in [9.17, 15) is 0 Å². The van der Waals surface area contributed by atoms with E-state index in [1.165, 1.54) is 95.8 Å². The number of rotatable bonds is 5. The Labute approximate surface area is 342 Å². The number of H-pyrrole nitrogens is 1. The number of nitrogens with one attached hydrogen (secondary N) is 1. The fourth-order valence-electron chi connectivity index (χ4n) is 11.8. The first-order chi connectivity index (χ1) is 28.5. The molecule has 0 fully saturated rings. The second kappa shape index (κ2) is 13.1. The van der Waals surface area contributed by atoms with Gasteiger partial charge in [-0.05, 0) is 144 Å². The van der Waals surface area contributed by atoms with Crippen molar-refractivity contribution in [3.8, 4) is 0 Å². The Morgan fingerprint density at radius 1 is 0.759 bits per heavy atom. The second-order valence-electron chi connectivity index (χ2n) is 18.1. The van der Waals surface area contributed by atoms with Crippen LogP contribution in [0, 0.1) is 5.92 Å². The van der Waals surface area contributed by atoms with E-state index in [2.05, 4.69) is 168 Å². The molecule has 0 amide bonds. The molecule has 1 N–H and O–H groups in total.